The molecule has 2 heterocycles. The number of hydrogen-bond donors (Lipinski definition) is 2. The molecule has 0 aromatic rings. The predicted molar refractivity (Wildman–Crippen MR) is 115 cm³/mol. The summed E-state index contributed by atoms with van der Waals surface area (Å²) in [5.41, 5.74) is 6.02. The molecule has 2 rings (SSSR count). The Kier molecular flexibility index (Phi) is 11.2. The molecule has 0 aromatic heterocycles. The zero-order valence-corrected chi connectivity index (χ0v) is 18.5. The second-order valence-electron chi connectivity index (χ2n) is 6.87. The van der Waals surface area contributed by atoms with Crippen LogP contribution in [0.5, 0.6) is 0 Å². The molecule has 0 atom stereocenters. The maximum Gasteiger partial charge on any atom is 0.409 e. The maximum absolute atomic E-state index is 11.7. The number of nitrogens with one attached hydrogen (secondary N) is 1. The lowest BCUT2D eigenvalue weighted by molar-refractivity contribution is 0.0963. The third-order valence-electron chi connectivity index (χ3n) is 4.88. The van der Waals surface area contributed by atoms with Gasteiger partial charge in [-0.2, -0.15) is 0 Å². The van der Waals surface area contributed by atoms with Gasteiger partial charge in [0.1, 0.15) is 0 Å². The van der Waals surface area contributed by atoms with Crippen molar-refractivity contribution in [1.29, 1.82) is 0 Å². The summed E-state index contributed by atoms with van der Waals surface area (Å²) in [6.45, 7) is 9.87. The topological polar surface area (TPSA) is 86.4 Å². The Labute approximate surface area is 174 Å². The van der Waals surface area contributed by atoms with Gasteiger partial charge in [-0.05, 0) is 46.3 Å². The molecule has 0 aliphatic carbocycles. The summed E-state index contributed by atoms with van der Waals surface area (Å²) in [4.78, 5) is 22.7. The monoisotopic (exact) mass is 482 g/mol. The number of carbonyl (C=O) groups excluding carboxylic acids is 1. The minimum atomic E-state index is -0.217. The van der Waals surface area contributed by atoms with Crippen LogP contribution in [0.3, 0.4) is 0 Å². The number of halogens is 1. The van der Waals surface area contributed by atoms with Gasteiger partial charge in [-0.15, -0.1) is 24.0 Å². The number of ether oxygens (including phenoxy) is 1. The number of amides is 1. The summed E-state index contributed by atoms with van der Waals surface area (Å²) in [7, 11) is 2.18. The zero-order valence-electron chi connectivity index (χ0n) is 16.2. The van der Waals surface area contributed by atoms with E-state index < -0.39 is 0 Å². The number of likely N-dealkylation sites (tertiary alicyclic amines) is 1. The minimum absolute atomic E-state index is 0. The highest BCUT2D eigenvalue weighted by Gasteiger charge is 2.23. The smallest absolute Gasteiger partial charge is 0.409 e. The minimum Gasteiger partial charge on any atom is -0.450 e. The predicted octanol–water partition coefficient (Wildman–Crippen LogP) is 0.767. The van der Waals surface area contributed by atoms with Crippen LogP contribution < -0.4 is 11.1 Å². The number of aliphatic imine (C=N–C) groups is 1. The van der Waals surface area contributed by atoms with E-state index in [9.17, 15) is 4.79 Å². The van der Waals surface area contributed by atoms with E-state index in [0.717, 1.165) is 45.6 Å². The molecular weight excluding hydrogens is 447 g/mol. The molecule has 2 aliphatic rings. The second kappa shape index (κ2) is 12.6. The van der Waals surface area contributed by atoms with Crippen molar-refractivity contribution in [3.05, 3.63) is 0 Å². The van der Waals surface area contributed by atoms with E-state index in [0.29, 0.717) is 25.7 Å². The number of carbonyl (C=O) groups is 1. The molecule has 26 heavy (non-hydrogen) atoms. The van der Waals surface area contributed by atoms with Crippen LogP contribution in [0.15, 0.2) is 4.99 Å². The SMILES string of the molecule is CCOC(=O)N1CCC(NC(N)=NCCN2CCCN(C)CC2)CC1.I. The van der Waals surface area contributed by atoms with Crippen LogP contribution in [0, 0.1) is 0 Å². The van der Waals surface area contributed by atoms with E-state index in [1.807, 2.05) is 6.92 Å². The van der Waals surface area contributed by atoms with Gasteiger partial charge >= 0.3 is 6.09 Å². The molecule has 0 spiro atoms. The highest BCUT2D eigenvalue weighted by atomic mass is 127. The van der Waals surface area contributed by atoms with Crippen molar-refractivity contribution in [2.45, 2.75) is 32.2 Å². The lowest BCUT2D eigenvalue weighted by atomic mass is 10.1. The molecule has 0 radical (unpaired) electrons. The molecule has 0 saturated carbocycles. The lowest BCUT2D eigenvalue weighted by Crippen LogP contribution is -2.48. The fourth-order valence-electron chi connectivity index (χ4n) is 3.31. The quantitative estimate of drug-likeness (QED) is 0.342. The molecule has 9 heteroatoms. The highest BCUT2D eigenvalue weighted by Crippen LogP contribution is 2.11. The first-order valence-electron chi connectivity index (χ1n) is 9.47. The summed E-state index contributed by atoms with van der Waals surface area (Å²) < 4.78 is 5.03. The fourth-order valence-corrected chi connectivity index (χ4v) is 3.31. The van der Waals surface area contributed by atoms with Crippen molar-refractivity contribution < 1.29 is 9.53 Å². The van der Waals surface area contributed by atoms with Crippen molar-refractivity contribution in [3.8, 4) is 0 Å². The first-order valence-corrected chi connectivity index (χ1v) is 9.47. The van der Waals surface area contributed by atoms with Crippen LogP contribution >= 0.6 is 24.0 Å². The first-order chi connectivity index (χ1) is 12.1. The third kappa shape index (κ3) is 8.26. The first kappa shape index (κ1) is 23.2. The van der Waals surface area contributed by atoms with Gasteiger partial charge in [-0.1, -0.05) is 0 Å². The summed E-state index contributed by atoms with van der Waals surface area (Å²) in [6.07, 6.45) is 2.74. The lowest BCUT2D eigenvalue weighted by Gasteiger charge is -2.31. The Morgan fingerprint density at radius 2 is 1.92 bits per heavy atom. The van der Waals surface area contributed by atoms with Crippen LogP contribution in [0.25, 0.3) is 0 Å². The number of likely N-dealkylation sites (N-methyl/N-ethyl adjacent to an activating group) is 1. The molecular formula is C17H35IN6O2. The fraction of sp³-hybridized carbons (Fsp3) is 0.882. The van der Waals surface area contributed by atoms with Crippen LogP contribution in [0.2, 0.25) is 0 Å². The van der Waals surface area contributed by atoms with Crippen LogP contribution in [0.4, 0.5) is 4.79 Å². The molecule has 3 N–H and O–H groups in total. The summed E-state index contributed by atoms with van der Waals surface area (Å²) in [5.74, 6) is 0.515. The average molecular weight is 482 g/mol. The van der Waals surface area contributed by atoms with E-state index >= 15 is 0 Å². The van der Waals surface area contributed by atoms with Crippen LogP contribution in [-0.2, 0) is 4.74 Å². The van der Waals surface area contributed by atoms with E-state index in [4.69, 9.17) is 10.5 Å². The molecule has 0 unspecified atom stereocenters. The molecule has 0 aromatic carbocycles. The number of guanidine groups is 1. The largest absolute Gasteiger partial charge is 0.450 e. The zero-order chi connectivity index (χ0) is 18.1. The number of hydrogen-bond acceptors (Lipinski definition) is 5. The number of nitrogens with zero attached hydrogens (tertiary/aromatic N) is 4. The highest BCUT2D eigenvalue weighted by molar-refractivity contribution is 14.0. The van der Waals surface area contributed by atoms with Crippen molar-refractivity contribution in [2.24, 2.45) is 10.7 Å². The Balaban J connectivity index is 0.00000338. The van der Waals surface area contributed by atoms with Crippen LogP contribution in [-0.4, -0.2) is 98.8 Å². The van der Waals surface area contributed by atoms with Gasteiger partial charge < -0.3 is 30.5 Å². The summed E-state index contributed by atoms with van der Waals surface area (Å²) in [5, 5.41) is 3.29. The van der Waals surface area contributed by atoms with Gasteiger partial charge in [0.2, 0.25) is 0 Å². The average Bonchev–Trinajstić information content (AvgIpc) is 2.80. The van der Waals surface area contributed by atoms with Crippen molar-refractivity contribution in [3.63, 3.8) is 0 Å². The Morgan fingerprint density at radius 3 is 2.62 bits per heavy atom. The number of piperidine rings is 1. The molecule has 2 fully saturated rings. The van der Waals surface area contributed by atoms with Crippen molar-refractivity contribution in [2.75, 3.05) is 66.0 Å². The Hall–Kier alpha value is -0.810. The molecule has 152 valence electrons. The summed E-state index contributed by atoms with van der Waals surface area (Å²) >= 11 is 0. The van der Waals surface area contributed by atoms with Gasteiger partial charge in [0.15, 0.2) is 5.96 Å². The normalized spacial score (nSPS) is 21.0. The van der Waals surface area contributed by atoms with Crippen molar-refractivity contribution >= 4 is 36.0 Å². The Bertz CT molecular complexity index is 443. The number of rotatable bonds is 5. The maximum atomic E-state index is 11.7. The van der Waals surface area contributed by atoms with Gasteiger partial charge in [-0.3, -0.25) is 4.99 Å². The van der Waals surface area contributed by atoms with E-state index in [1.54, 1.807) is 4.90 Å². The molecule has 8 nitrogen and oxygen atoms in total. The number of nitrogens with two attached hydrogens (primary N) is 1. The van der Waals surface area contributed by atoms with E-state index in [1.165, 1.54) is 13.0 Å². The van der Waals surface area contributed by atoms with Crippen LogP contribution in [0.1, 0.15) is 26.2 Å². The van der Waals surface area contributed by atoms with Gasteiger partial charge in [0.25, 0.3) is 0 Å². The molecule has 2 aliphatic heterocycles. The molecule has 0 bridgehead atoms. The standard InChI is InChI=1S/C17H34N6O2.HI/c1-3-25-17(24)23-10-5-15(6-11-23)20-16(18)19-7-12-22-9-4-8-21(2)13-14-22;/h15H,3-14H2,1-2H3,(H3,18,19,20);1H. The van der Waals surface area contributed by atoms with Gasteiger partial charge in [0.05, 0.1) is 13.2 Å². The van der Waals surface area contributed by atoms with Gasteiger partial charge in [0, 0.05) is 38.8 Å². The third-order valence-corrected chi connectivity index (χ3v) is 4.88. The van der Waals surface area contributed by atoms with E-state index in [2.05, 4.69) is 27.2 Å². The molecule has 1 amide bonds. The summed E-state index contributed by atoms with van der Waals surface area (Å²) in [6, 6.07) is 0.279. The Morgan fingerprint density at radius 1 is 1.19 bits per heavy atom. The van der Waals surface area contributed by atoms with E-state index in [-0.39, 0.29) is 36.1 Å². The second-order valence-corrected chi connectivity index (χ2v) is 6.87. The molecule has 2 saturated heterocycles. The van der Waals surface area contributed by atoms with Gasteiger partial charge in [-0.25, -0.2) is 4.79 Å². The van der Waals surface area contributed by atoms with Crippen molar-refractivity contribution in [1.82, 2.24) is 20.0 Å².